The van der Waals surface area contributed by atoms with E-state index in [9.17, 15) is 4.79 Å². The second-order valence-corrected chi connectivity index (χ2v) is 6.51. The number of amides is 1. The minimum atomic E-state index is -0.167. The lowest BCUT2D eigenvalue weighted by molar-refractivity contribution is 0.102. The Morgan fingerprint density at radius 2 is 1.96 bits per heavy atom. The van der Waals surface area contributed by atoms with Gasteiger partial charge >= 0.3 is 0 Å². The summed E-state index contributed by atoms with van der Waals surface area (Å²) in [6.45, 7) is 10.1. The Morgan fingerprint density at radius 3 is 2.58 bits per heavy atom. The van der Waals surface area contributed by atoms with Gasteiger partial charge in [-0.1, -0.05) is 0 Å². The molecule has 1 N–H and O–H groups in total. The van der Waals surface area contributed by atoms with E-state index in [-0.39, 0.29) is 5.91 Å². The number of aromatic nitrogens is 3. The van der Waals surface area contributed by atoms with Gasteiger partial charge in [0.25, 0.3) is 5.91 Å². The molecule has 0 saturated heterocycles. The highest BCUT2D eigenvalue weighted by Crippen LogP contribution is 2.20. The second kappa shape index (κ2) is 7.56. The zero-order valence-corrected chi connectivity index (χ0v) is 15.7. The average molecular weight is 351 g/mol. The molecule has 2 heterocycles. The third kappa shape index (κ3) is 3.69. The van der Waals surface area contributed by atoms with E-state index in [0.717, 1.165) is 35.5 Å². The third-order valence-electron chi connectivity index (χ3n) is 4.41. The van der Waals surface area contributed by atoms with Gasteiger partial charge in [-0.15, -0.1) is 0 Å². The van der Waals surface area contributed by atoms with Crippen LogP contribution in [0.3, 0.4) is 0 Å². The molecular weight excluding hydrogens is 326 g/mol. The molecule has 0 spiro atoms. The van der Waals surface area contributed by atoms with Gasteiger partial charge in [0.15, 0.2) is 0 Å². The van der Waals surface area contributed by atoms with E-state index < -0.39 is 0 Å². The molecule has 0 unspecified atom stereocenters. The monoisotopic (exact) mass is 351 g/mol. The van der Waals surface area contributed by atoms with Crippen LogP contribution in [0.25, 0.3) is 10.9 Å². The maximum absolute atomic E-state index is 12.5. The molecule has 0 aliphatic rings. The molecule has 0 radical (unpaired) electrons. The third-order valence-corrected chi connectivity index (χ3v) is 4.41. The van der Waals surface area contributed by atoms with Crippen molar-refractivity contribution in [3.63, 3.8) is 0 Å². The van der Waals surface area contributed by atoms with E-state index in [1.807, 2.05) is 41.2 Å². The van der Waals surface area contributed by atoms with Crippen LogP contribution in [-0.2, 0) is 0 Å². The molecule has 0 atom stereocenters. The van der Waals surface area contributed by atoms with Crippen LogP contribution in [0.4, 0.5) is 11.5 Å². The maximum atomic E-state index is 12.5. The summed E-state index contributed by atoms with van der Waals surface area (Å²) in [4.78, 5) is 19.0. The van der Waals surface area contributed by atoms with Crippen molar-refractivity contribution in [2.45, 2.75) is 33.7 Å². The Kier molecular flexibility index (Phi) is 5.21. The SMILES string of the molecule is CCN(CC)c1ccc(C(=O)Nc2ccc3nn(C(C)C)cc3c2)cn1. The van der Waals surface area contributed by atoms with Crippen molar-refractivity contribution in [1.29, 1.82) is 0 Å². The molecule has 1 amide bonds. The minimum Gasteiger partial charge on any atom is -0.357 e. The van der Waals surface area contributed by atoms with Crippen LogP contribution in [0.15, 0.2) is 42.7 Å². The van der Waals surface area contributed by atoms with Gasteiger partial charge in [-0.25, -0.2) is 4.98 Å². The van der Waals surface area contributed by atoms with Crippen molar-refractivity contribution < 1.29 is 4.79 Å². The summed E-state index contributed by atoms with van der Waals surface area (Å²) in [7, 11) is 0. The van der Waals surface area contributed by atoms with E-state index in [2.05, 4.69) is 48.0 Å². The number of carbonyl (C=O) groups excluding carboxylic acids is 1. The fourth-order valence-corrected chi connectivity index (χ4v) is 2.85. The smallest absolute Gasteiger partial charge is 0.257 e. The van der Waals surface area contributed by atoms with E-state index in [1.165, 1.54) is 0 Å². The topological polar surface area (TPSA) is 63.1 Å². The number of hydrogen-bond donors (Lipinski definition) is 1. The number of nitrogens with zero attached hydrogens (tertiary/aromatic N) is 4. The van der Waals surface area contributed by atoms with Crippen LogP contribution >= 0.6 is 0 Å². The zero-order chi connectivity index (χ0) is 18.7. The van der Waals surface area contributed by atoms with Gasteiger partial charge in [0.1, 0.15) is 5.82 Å². The predicted octanol–water partition coefficient (Wildman–Crippen LogP) is 4.11. The second-order valence-electron chi connectivity index (χ2n) is 6.51. The van der Waals surface area contributed by atoms with Gasteiger partial charge in [0.2, 0.25) is 0 Å². The Hall–Kier alpha value is -2.89. The predicted molar refractivity (Wildman–Crippen MR) is 106 cm³/mol. The molecule has 0 fully saturated rings. The Labute approximate surface area is 153 Å². The molecule has 6 nitrogen and oxygen atoms in total. The van der Waals surface area contributed by atoms with Crippen LogP contribution in [0, 0.1) is 0 Å². The van der Waals surface area contributed by atoms with Gasteiger partial charge < -0.3 is 10.2 Å². The molecule has 2 aromatic heterocycles. The number of carbonyl (C=O) groups is 1. The molecule has 26 heavy (non-hydrogen) atoms. The summed E-state index contributed by atoms with van der Waals surface area (Å²) in [5.74, 6) is 0.716. The summed E-state index contributed by atoms with van der Waals surface area (Å²) >= 11 is 0. The van der Waals surface area contributed by atoms with Crippen molar-refractivity contribution in [2.24, 2.45) is 0 Å². The number of fused-ring (bicyclic) bond motifs is 1. The number of rotatable bonds is 6. The summed E-state index contributed by atoms with van der Waals surface area (Å²) in [6.07, 6.45) is 3.62. The lowest BCUT2D eigenvalue weighted by Crippen LogP contribution is -2.23. The zero-order valence-electron chi connectivity index (χ0n) is 15.7. The van der Waals surface area contributed by atoms with Crippen molar-refractivity contribution in [1.82, 2.24) is 14.8 Å². The minimum absolute atomic E-state index is 0.167. The number of pyridine rings is 1. The first-order chi connectivity index (χ1) is 12.5. The van der Waals surface area contributed by atoms with Crippen LogP contribution in [0.2, 0.25) is 0 Å². The normalized spacial score (nSPS) is 11.1. The lowest BCUT2D eigenvalue weighted by atomic mass is 10.2. The van der Waals surface area contributed by atoms with E-state index >= 15 is 0 Å². The lowest BCUT2D eigenvalue weighted by Gasteiger charge is -2.19. The molecular formula is C20H25N5O. The summed E-state index contributed by atoms with van der Waals surface area (Å²) in [6, 6.07) is 9.73. The number of nitrogens with one attached hydrogen (secondary N) is 1. The molecule has 0 aliphatic heterocycles. The number of benzene rings is 1. The standard InChI is InChI=1S/C20H25N5O/c1-5-24(6-2)19-10-7-15(12-21-19)20(26)22-17-8-9-18-16(11-17)13-25(23-18)14(3)4/h7-14H,5-6H2,1-4H3,(H,22,26). The summed E-state index contributed by atoms with van der Waals surface area (Å²) < 4.78 is 1.92. The van der Waals surface area contributed by atoms with Crippen molar-refractivity contribution in [3.8, 4) is 0 Å². The maximum Gasteiger partial charge on any atom is 0.257 e. The average Bonchev–Trinajstić information content (AvgIpc) is 3.07. The quantitative estimate of drug-likeness (QED) is 0.726. The first kappa shape index (κ1) is 17.9. The van der Waals surface area contributed by atoms with Crippen LogP contribution in [0.5, 0.6) is 0 Å². The highest BCUT2D eigenvalue weighted by Gasteiger charge is 2.10. The van der Waals surface area contributed by atoms with Gasteiger partial charge in [-0.05, 0) is 58.0 Å². The van der Waals surface area contributed by atoms with Crippen LogP contribution in [-0.4, -0.2) is 33.8 Å². The first-order valence-electron chi connectivity index (χ1n) is 9.03. The van der Waals surface area contributed by atoms with E-state index in [0.29, 0.717) is 11.6 Å². The Balaban J connectivity index is 1.75. The van der Waals surface area contributed by atoms with Gasteiger partial charge in [-0.3, -0.25) is 9.48 Å². The van der Waals surface area contributed by atoms with Crippen molar-refractivity contribution in [2.75, 3.05) is 23.3 Å². The van der Waals surface area contributed by atoms with Gasteiger partial charge in [0, 0.05) is 42.6 Å². The van der Waals surface area contributed by atoms with Crippen LogP contribution in [0.1, 0.15) is 44.1 Å². The molecule has 0 aliphatic carbocycles. The fourth-order valence-electron chi connectivity index (χ4n) is 2.85. The van der Waals surface area contributed by atoms with Crippen molar-refractivity contribution >= 4 is 28.3 Å². The highest BCUT2D eigenvalue weighted by atomic mass is 16.1. The van der Waals surface area contributed by atoms with Gasteiger partial charge in [0.05, 0.1) is 11.1 Å². The Bertz CT molecular complexity index is 894. The first-order valence-corrected chi connectivity index (χ1v) is 9.03. The molecule has 3 aromatic rings. The number of hydrogen-bond acceptors (Lipinski definition) is 4. The van der Waals surface area contributed by atoms with Crippen molar-refractivity contribution in [3.05, 3.63) is 48.3 Å². The molecule has 0 saturated carbocycles. The van der Waals surface area contributed by atoms with Crippen LogP contribution < -0.4 is 10.2 Å². The Morgan fingerprint density at radius 1 is 1.19 bits per heavy atom. The highest BCUT2D eigenvalue weighted by molar-refractivity contribution is 6.05. The van der Waals surface area contributed by atoms with Gasteiger partial charge in [-0.2, -0.15) is 5.10 Å². The number of anilines is 2. The molecule has 6 heteroatoms. The molecule has 1 aromatic carbocycles. The van der Waals surface area contributed by atoms with E-state index in [4.69, 9.17) is 0 Å². The van der Waals surface area contributed by atoms with E-state index in [1.54, 1.807) is 6.20 Å². The molecule has 3 rings (SSSR count). The largest absolute Gasteiger partial charge is 0.357 e. The summed E-state index contributed by atoms with van der Waals surface area (Å²) in [5, 5.41) is 8.46. The summed E-state index contributed by atoms with van der Waals surface area (Å²) in [5.41, 5.74) is 2.21. The molecule has 0 bridgehead atoms. The fraction of sp³-hybridized carbons (Fsp3) is 0.350. The molecule has 136 valence electrons.